The smallest absolute Gasteiger partial charge is 0.306 e. The number of aryl methyl sites for hydroxylation is 1. The van der Waals surface area contributed by atoms with Gasteiger partial charge in [-0.15, -0.1) is 0 Å². The van der Waals surface area contributed by atoms with E-state index in [0.29, 0.717) is 58.1 Å². The van der Waals surface area contributed by atoms with E-state index in [1.165, 1.54) is 0 Å². The summed E-state index contributed by atoms with van der Waals surface area (Å²) in [5.74, 6) is -4.02. The Labute approximate surface area is 297 Å². The minimum Gasteiger partial charge on any atom is -0.465 e. The van der Waals surface area contributed by atoms with Crippen LogP contribution in [0.5, 0.6) is 0 Å². The molecule has 0 spiro atoms. The molecule has 0 aromatic carbocycles. The minimum absolute atomic E-state index is 0.0610. The first-order chi connectivity index (χ1) is 23.3. The number of rotatable bonds is 13. The molecule has 0 bridgehead atoms. The van der Waals surface area contributed by atoms with Gasteiger partial charge in [-0.25, -0.2) is 0 Å². The molecule has 0 radical (unpaired) electrons. The average Bonchev–Trinajstić information content (AvgIpc) is 3.07. The molecular weight excluding hydrogens is 640 g/mol. The van der Waals surface area contributed by atoms with E-state index >= 15 is 0 Å². The summed E-state index contributed by atoms with van der Waals surface area (Å²) in [5, 5.41) is 12.7. The lowest BCUT2D eigenvalue weighted by Crippen LogP contribution is -2.61. The summed E-state index contributed by atoms with van der Waals surface area (Å²) < 4.78 is 31.5. The summed E-state index contributed by atoms with van der Waals surface area (Å²) in [6.07, 6.45) is -0.642. The van der Waals surface area contributed by atoms with Crippen LogP contribution >= 0.6 is 0 Å². The van der Waals surface area contributed by atoms with Crippen LogP contribution in [0.25, 0.3) is 0 Å². The predicted octanol–water partition coefficient (Wildman–Crippen LogP) is 7.45. The van der Waals surface area contributed by atoms with Crippen LogP contribution in [-0.2, 0) is 30.2 Å². The minimum atomic E-state index is -1.95. The van der Waals surface area contributed by atoms with Gasteiger partial charge in [0.15, 0.2) is 16.6 Å². The molecule has 1 fully saturated rings. The first-order valence-corrected chi connectivity index (χ1v) is 18.3. The predicted molar refractivity (Wildman–Crippen MR) is 191 cm³/mol. The highest BCUT2D eigenvalue weighted by Crippen LogP contribution is 2.49. The monoisotopic (exact) mass is 700 g/mol. The van der Waals surface area contributed by atoms with Crippen LogP contribution in [0.3, 0.4) is 0 Å². The van der Waals surface area contributed by atoms with Crippen molar-refractivity contribution in [3.63, 3.8) is 0 Å². The van der Waals surface area contributed by atoms with Gasteiger partial charge in [-0.1, -0.05) is 69.2 Å². The summed E-state index contributed by atoms with van der Waals surface area (Å²) in [4.78, 5) is 52.4. The summed E-state index contributed by atoms with van der Waals surface area (Å²) in [7, 11) is 0. The van der Waals surface area contributed by atoms with E-state index in [1.54, 1.807) is 48.5 Å². The lowest BCUT2D eigenvalue weighted by atomic mass is 9.72. The quantitative estimate of drug-likeness (QED) is 0.209. The molecule has 9 atom stereocenters. The van der Waals surface area contributed by atoms with Crippen LogP contribution in [-0.4, -0.2) is 41.1 Å². The third-order valence-corrected chi connectivity index (χ3v) is 10.9. The van der Waals surface area contributed by atoms with Gasteiger partial charge in [-0.05, 0) is 40.0 Å². The SMILES string of the molecule is CCC(=O)OC(CC)C(C)c1oc(C(C)C2OC(O)(C(C)c3oc(CC)c(C)c(=O)c3C)C(C)C(OC(=O)CC(C)C)C2C)c(C)c(=O)c1C. The van der Waals surface area contributed by atoms with E-state index in [2.05, 4.69) is 0 Å². The molecule has 50 heavy (non-hydrogen) atoms. The van der Waals surface area contributed by atoms with Crippen molar-refractivity contribution >= 4 is 11.9 Å². The van der Waals surface area contributed by atoms with Crippen molar-refractivity contribution in [3.05, 3.63) is 65.7 Å². The Bertz CT molecular complexity index is 1650. The molecule has 2 aromatic rings. The molecule has 1 saturated heterocycles. The molecule has 0 amide bonds. The molecule has 10 heteroatoms. The zero-order chi connectivity index (χ0) is 38.0. The summed E-state index contributed by atoms with van der Waals surface area (Å²) in [6.45, 7) is 25.4. The van der Waals surface area contributed by atoms with E-state index < -0.39 is 53.7 Å². The van der Waals surface area contributed by atoms with Gasteiger partial charge in [-0.3, -0.25) is 19.2 Å². The van der Waals surface area contributed by atoms with Crippen molar-refractivity contribution in [2.45, 2.75) is 164 Å². The standard InChI is InChI=1S/C40H60O10/c1-15-29-20(6)33(43)24(10)38(47-29)27(13)40(45)28(14)39(48-32(42)18-19(4)5)26(12)37(50-40)25(11)36-23(9)34(44)22(8)35(49-36)21(7)30(16-2)46-31(41)17-3/h19,21,25-28,30,37,39,45H,15-18H2,1-14H3. The molecule has 10 nitrogen and oxygen atoms in total. The van der Waals surface area contributed by atoms with Gasteiger partial charge in [0.1, 0.15) is 35.2 Å². The molecular formula is C40H60O10. The maximum atomic E-state index is 13.7. The number of ether oxygens (including phenoxy) is 3. The largest absolute Gasteiger partial charge is 0.465 e. The lowest BCUT2D eigenvalue weighted by Gasteiger charge is -2.52. The highest BCUT2D eigenvalue weighted by molar-refractivity contribution is 5.70. The number of hydrogen-bond donors (Lipinski definition) is 1. The number of aliphatic hydroxyl groups is 1. The van der Waals surface area contributed by atoms with Gasteiger partial charge in [0.2, 0.25) is 0 Å². The van der Waals surface area contributed by atoms with Gasteiger partial charge in [-0.2, -0.15) is 0 Å². The zero-order valence-electron chi connectivity index (χ0n) is 32.6. The Hall–Kier alpha value is -3.24. The Morgan fingerprint density at radius 1 is 0.820 bits per heavy atom. The third-order valence-electron chi connectivity index (χ3n) is 10.9. The number of carbonyl (C=O) groups is 2. The molecule has 3 rings (SSSR count). The first-order valence-electron chi connectivity index (χ1n) is 18.3. The van der Waals surface area contributed by atoms with Gasteiger partial charge >= 0.3 is 11.9 Å². The molecule has 280 valence electrons. The van der Waals surface area contributed by atoms with Crippen LogP contribution in [0.2, 0.25) is 0 Å². The summed E-state index contributed by atoms with van der Waals surface area (Å²) in [5.41, 5.74) is 1.38. The Morgan fingerprint density at radius 3 is 1.92 bits per heavy atom. The van der Waals surface area contributed by atoms with Crippen molar-refractivity contribution < 1.29 is 37.7 Å². The second kappa shape index (κ2) is 16.4. The molecule has 2 aromatic heterocycles. The Kier molecular flexibility index (Phi) is 13.5. The molecule has 3 heterocycles. The maximum absolute atomic E-state index is 13.7. The van der Waals surface area contributed by atoms with Gasteiger partial charge in [0.05, 0.1) is 17.9 Å². The fraction of sp³-hybridized carbons (Fsp3) is 0.700. The number of hydrogen-bond acceptors (Lipinski definition) is 10. The van der Waals surface area contributed by atoms with Crippen molar-refractivity contribution in [2.24, 2.45) is 17.8 Å². The Morgan fingerprint density at radius 2 is 1.38 bits per heavy atom. The van der Waals surface area contributed by atoms with Crippen molar-refractivity contribution in [1.82, 2.24) is 0 Å². The van der Waals surface area contributed by atoms with E-state index in [0.717, 1.165) is 0 Å². The Balaban J connectivity index is 2.21. The van der Waals surface area contributed by atoms with Gasteiger partial charge in [0, 0.05) is 59.3 Å². The fourth-order valence-corrected chi connectivity index (χ4v) is 7.61. The molecule has 0 saturated carbocycles. The highest BCUT2D eigenvalue weighted by atomic mass is 16.6. The normalized spacial score (nSPS) is 24.8. The van der Waals surface area contributed by atoms with Crippen LogP contribution < -0.4 is 10.9 Å². The van der Waals surface area contributed by atoms with Gasteiger partial charge < -0.3 is 28.2 Å². The molecule has 1 aliphatic heterocycles. The van der Waals surface area contributed by atoms with Crippen LogP contribution in [0.4, 0.5) is 0 Å². The van der Waals surface area contributed by atoms with Crippen LogP contribution in [0.15, 0.2) is 18.4 Å². The van der Waals surface area contributed by atoms with Crippen molar-refractivity contribution in [2.75, 3.05) is 0 Å². The van der Waals surface area contributed by atoms with E-state index in [4.69, 9.17) is 23.0 Å². The van der Waals surface area contributed by atoms with Crippen molar-refractivity contribution in [1.29, 1.82) is 0 Å². The van der Waals surface area contributed by atoms with E-state index in [-0.39, 0.29) is 41.6 Å². The molecule has 0 aliphatic carbocycles. The summed E-state index contributed by atoms with van der Waals surface area (Å²) in [6, 6.07) is 0. The zero-order valence-corrected chi connectivity index (χ0v) is 32.6. The van der Waals surface area contributed by atoms with E-state index in [1.807, 2.05) is 48.5 Å². The maximum Gasteiger partial charge on any atom is 0.306 e. The fourth-order valence-electron chi connectivity index (χ4n) is 7.61. The van der Waals surface area contributed by atoms with Crippen LogP contribution in [0.1, 0.15) is 152 Å². The number of esters is 2. The number of carbonyl (C=O) groups excluding carboxylic acids is 2. The summed E-state index contributed by atoms with van der Waals surface area (Å²) >= 11 is 0. The lowest BCUT2D eigenvalue weighted by molar-refractivity contribution is -0.331. The van der Waals surface area contributed by atoms with E-state index in [9.17, 15) is 24.3 Å². The highest BCUT2D eigenvalue weighted by Gasteiger charge is 2.57. The topological polar surface area (TPSA) is 142 Å². The first kappa shape index (κ1) is 41.2. The second-order valence-corrected chi connectivity index (χ2v) is 14.9. The average molecular weight is 701 g/mol. The van der Waals surface area contributed by atoms with Crippen molar-refractivity contribution in [3.8, 4) is 0 Å². The molecule has 1 N–H and O–H groups in total. The molecule has 9 unspecified atom stereocenters. The van der Waals surface area contributed by atoms with Crippen LogP contribution in [0, 0.1) is 45.4 Å². The molecule has 1 aliphatic rings. The second-order valence-electron chi connectivity index (χ2n) is 14.9. The third kappa shape index (κ3) is 7.96. The van der Waals surface area contributed by atoms with Gasteiger partial charge in [0.25, 0.3) is 0 Å².